The maximum absolute atomic E-state index is 13.4. The highest BCUT2D eigenvalue weighted by Gasteiger charge is 2.79. The summed E-state index contributed by atoms with van der Waals surface area (Å²) < 4.78 is 20.3. The lowest BCUT2D eigenvalue weighted by atomic mass is 9.26. The summed E-state index contributed by atoms with van der Waals surface area (Å²) in [6.07, 6.45) is 5.54. The van der Waals surface area contributed by atoms with Crippen LogP contribution in [0.1, 0.15) is 98.0 Å². The number of aliphatic hydroxyl groups excluding tert-OH is 5. The van der Waals surface area contributed by atoms with Gasteiger partial charge in [-0.2, -0.15) is 0 Å². The molecule has 2 saturated heterocycles. The van der Waals surface area contributed by atoms with Gasteiger partial charge in [-0.3, -0.25) is 9.59 Å². The zero-order chi connectivity index (χ0) is 43.5. The number of carbonyl (C=O) groups is 2. The first kappa shape index (κ1) is 43.6. The van der Waals surface area contributed by atoms with Gasteiger partial charge in [0, 0.05) is 30.4 Å². The summed E-state index contributed by atoms with van der Waals surface area (Å²) >= 11 is 0. The number of carboxylic acids is 1. The summed E-state index contributed by atoms with van der Waals surface area (Å²) in [5.41, 5.74) is -2.02. The lowest BCUT2D eigenvalue weighted by Gasteiger charge is -2.79. The molecule has 9 rings (SSSR count). The van der Waals surface area contributed by atoms with Gasteiger partial charge in [0.25, 0.3) is 0 Å². The van der Waals surface area contributed by atoms with Crippen LogP contribution in [-0.2, 0) is 30.4 Å². The minimum absolute atomic E-state index is 0.00955. The number of aliphatic hydroxyl groups is 5. The predicted molar refractivity (Wildman–Crippen MR) is 224 cm³/mol. The minimum atomic E-state index is -1.55. The van der Waals surface area contributed by atoms with Gasteiger partial charge < -0.3 is 50.2 Å². The van der Waals surface area contributed by atoms with Crippen LogP contribution in [0.3, 0.4) is 0 Å². The molecule has 336 valence electrons. The van der Waals surface area contributed by atoms with Gasteiger partial charge in [-0.15, -0.1) is 0 Å². The van der Waals surface area contributed by atoms with E-state index in [-0.39, 0.29) is 78.2 Å². The number of rotatable bonds is 10. The van der Waals surface area contributed by atoms with Crippen LogP contribution in [0.25, 0.3) is 0 Å². The van der Waals surface area contributed by atoms with Crippen LogP contribution in [-0.4, -0.2) is 106 Å². The molecule has 61 heavy (non-hydrogen) atoms. The Hall–Kier alpha value is -2.68. The molecule has 4 bridgehead atoms. The molecule has 4 saturated carbocycles. The van der Waals surface area contributed by atoms with Gasteiger partial charge in [-0.1, -0.05) is 88.8 Å². The average Bonchev–Trinajstić information content (AvgIpc) is 3.65. The molecular formula is C49H69NO11. The van der Waals surface area contributed by atoms with Gasteiger partial charge in [0.15, 0.2) is 6.29 Å². The van der Waals surface area contributed by atoms with Crippen LogP contribution in [0.15, 0.2) is 54.1 Å². The van der Waals surface area contributed by atoms with Crippen molar-refractivity contribution < 1.29 is 54.4 Å². The number of benzene rings is 1. The maximum Gasteiger partial charge on any atom is 0.310 e. The number of hydrogen-bond acceptors (Lipinski definition) is 10. The molecule has 18 atom stereocenters. The molecule has 0 unspecified atom stereocenters. The Bertz CT molecular complexity index is 1940. The summed E-state index contributed by atoms with van der Waals surface area (Å²) in [5.74, 6) is -1.09. The topological polar surface area (TPSA) is 195 Å². The smallest absolute Gasteiger partial charge is 0.310 e. The van der Waals surface area contributed by atoms with E-state index in [1.54, 1.807) is 0 Å². The number of fused-ring (bicyclic) bond motifs is 5. The molecular weight excluding hydrogens is 779 g/mol. The first-order chi connectivity index (χ1) is 28.9. The van der Waals surface area contributed by atoms with Gasteiger partial charge in [-0.25, -0.2) is 0 Å². The van der Waals surface area contributed by atoms with Crippen molar-refractivity contribution >= 4 is 11.9 Å². The molecule has 0 aromatic heterocycles. The summed E-state index contributed by atoms with van der Waals surface area (Å²) in [4.78, 5) is 26.4. The van der Waals surface area contributed by atoms with Crippen molar-refractivity contribution in [1.82, 2.24) is 5.32 Å². The minimum Gasteiger partial charge on any atom is -0.481 e. The Labute approximate surface area is 360 Å². The number of hydrogen-bond donors (Lipinski definition) is 7. The Morgan fingerprint density at radius 2 is 1.67 bits per heavy atom. The van der Waals surface area contributed by atoms with E-state index in [0.717, 1.165) is 18.4 Å². The summed E-state index contributed by atoms with van der Waals surface area (Å²) in [6, 6.07) is 9.92. The highest BCUT2D eigenvalue weighted by Crippen LogP contribution is 2.82. The molecule has 12 nitrogen and oxygen atoms in total. The molecule has 0 radical (unpaired) electrons. The van der Waals surface area contributed by atoms with E-state index in [0.29, 0.717) is 51.5 Å². The first-order valence-corrected chi connectivity index (χ1v) is 22.9. The number of carboxylic acid groups (broad SMARTS) is 1. The summed E-state index contributed by atoms with van der Waals surface area (Å²) in [7, 11) is 0. The van der Waals surface area contributed by atoms with Crippen LogP contribution in [0.2, 0.25) is 0 Å². The van der Waals surface area contributed by atoms with Crippen molar-refractivity contribution in [2.24, 2.45) is 67.5 Å². The van der Waals surface area contributed by atoms with Crippen molar-refractivity contribution in [2.75, 3.05) is 26.4 Å². The third kappa shape index (κ3) is 6.05. The second-order valence-corrected chi connectivity index (χ2v) is 22.2. The zero-order valence-electron chi connectivity index (χ0n) is 36.6. The lowest BCUT2D eigenvalue weighted by Crippen LogP contribution is -2.78. The van der Waals surface area contributed by atoms with Crippen molar-refractivity contribution in [2.45, 2.75) is 136 Å². The van der Waals surface area contributed by atoms with Crippen LogP contribution < -0.4 is 5.32 Å². The molecule has 6 aliphatic carbocycles. The second-order valence-electron chi connectivity index (χ2n) is 22.2. The van der Waals surface area contributed by atoms with Gasteiger partial charge in [0.05, 0.1) is 37.4 Å². The molecule has 0 spiro atoms. The number of carbonyl (C=O) groups excluding carboxylic acids is 1. The summed E-state index contributed by atoms with van der Waals surface area (Å²) in [6.45, 7) is 11.7. The van der Waals surface area contributed by atoms with Gasteiger partial charge in [0.2, 0.25) is 5.91 Å². The molecule has 7 N–H and O–H groups in total. The van der Waals surface area contributed by atoms with Crippen molar-refractivity contribution in [3.05, 3.63) is 59.7 Å². The maximum atomic E-state index is 13.4. The predicted octanol–water partition coefficient (Wildman–Crippen LogP) is 4.76. The number of amides is 1. The van der Waals surface area contributed by atoms with Crippen molar-refractivity contribution in [3.63, 3.8) is 0 Å². The molecule has 8 aliphatic rings. The highest BCUT2D eigenvalue weighted by molar-refractivity contribution is 5.78. The third-order valence-corrected chi connectivity index (χ3v) is 19.3. The first-order valence-electron chi connectivity index (χ1n) is 22.9. The Balaban J connectivity index is 1.22. The van der Waals surface area contributed by atoms with E-state index in [1.807, 2.05) is 30.3 Å². The number of allylic oxidation sites excluding steroid dienone is 3. The van der Waals surface area contributed by atoms with E-state index in [2.05, 4.69) is 58.2 Å². The van der Waals surface area contributed by atoms with E-state index < -0.39 is 64.4 Å². The normalized spacial score (nSPS) is 51.1. The monoisotopic (exact) mass is 847 g/mol. The van der Waals surface area contributed by atoms with Crippen LogP contribution >= 0.6 is 0 Å². The average molecular weight is 848 g/mol. The van der Waals surface area contributed by atoms with Crippen LogP contribution in [0, 0.1) is 67.5 Å². The van der Waals surface area contributed by atoms with E-state index in [9.17, 15) is 40.2 Å². The fourth-order valence-electron chi connectivity index (χ4n) is 15.9. The van der Waals surface area contributed by atoms with E-state index in [4.69, 9.17) is 14.2 Å². The van der Waals surface area contributed by atoms with E-state index >= 15 is 0 Å². The third-order valence-electron chi connectivity index (χ3n) is 19.3. The lowest BCUT2D eigenvalue weighted by molar-refractivity contribution is -0.365. The molecule has 2 heterocycles. The van der Waals surface area contributed by atoms with Gasteiger partial charge in [0.1, 0.15) is 18.3 Å². The molecule has 1 aromatic rings. The Kier molecular flexibility index (Phi) is 10.7. The van der Waals surface area contributed by atoms with Crippen molar-refractivity contribution in [1.29, 1.82) is 0 Å². The second kappa shape index (κ2) is 14.9. The molecule has 6 fully saturated rings. The molecule has 12 heteroatoms. The van der Waals surface area contributed by atoms with Crippen LogP contribution in [0.5, 0.6) is 0 Å². The summed E-state index contributed by atoms with van der Waals surface area (Å²) in [5, 5.41) is 69.3. The van der Waals surface area contributed by atoms with Crippen molar-refractivity contribution in [3.8, 4) is 0 Å². The highest BCUT2D eigenvalue weighted by atomic mass is 16.7. The standard InChI is InChI=1S/C49H69NO11/c1-43(26-51)15-17-48(42(57)58)18-16-45(3)31(32(48)22-43)11-12-34-46(45,4)21-30-13-14-49(20-29-19-35(54)50-23-29)40(59-24-28-9-7-6-8-10-28)39(44(2,27-52)38(30)47(34,49)5)61-41-37(56)36(55)33(53)25-60-41/h6-11,13-14,29-30,32-34,36-41,51-53,55-56H,12,15-27H2,1-5H3,(H,50,54)(H,57,58)/t29-,30+,32+,33-,34+,36+,37-,38-,39-,40+,41+,43+,44+,45-,46-,47-,48+,49-/m1/s1. The van der Waals surface area contributed by atoms with Gasteiger partial charge >= 0.3 is 5.97 Å². The molecule has 2 aliphatic heterocycles. The van der Waals surface area contributed by atoms with Gasteiger partial charge in [-0.05, 0) is 108 Å². The SMILES string of the molecule is C[C@]1(CO)CC[C@]2(C(=O)O)CC[C@]3(C)C(=CC[C@@H]4[C@]5(C)[C@@H]6[C@@H](C=C[C@@]5(C[C@@H]5CNC(=O)C5)[C@@H](OCc5ccccc5)[C@@H](O[C@@H]5OC[C@@H](O)[C@H](O)[C@H]5O)[C@@]6(C)CO)C[C@]43C)[C@@H]2C1. The molecule has 1 amide bonds. The number of aliphatic carboxylic acids is 1. The van der Waals surface area contributed by atoms with E-state index in [1.165, 1.54) is 5.57 Å². The largest absolute Gasteiger partial charge is 0.481 e. The number of nitrogens with one attached hydrogen (secondary N) is 1. The number of ether oxygens (including phenoxy) is 3. The fourth-order valence-corrected chi connectivity index (χ4v) is 15.9. The van der Waals surface area contributed by atoms with Crippen LogP contribution in [0.4, 0.5) is 0 Å². The fraction of sp³-hybridized carbons (Fsp3) is 0.755. The Morgan fingerprint density at radius 1 is 0.934 bits per heavy atom. The molecule has 1 aromatic carbocycles. The zero-order valence-corrected chi connectivity index (χ0v) is 36.6. The Morgan fingerprint density at radius 3 is 2.34 bits per heavy atom. The quantitative estimate of drug-likeness (QED) is 0.127.